The first-order valence-electron chi connectivity index (χ1n) is 9.60. The maximum Gasteiger partial charge on any atom is 0.265 e. The fraction of sp³-hybridized carbons (Fsp3) is 0.364. The van der Waals surface area contributed by atoms with Gasteiger partial charge in [0.15, 0.2) is 6.10 Å². The van der Waals surface area contributed by atoms with Gasteiger partial charge in [0, 0.05) is 30.4 Å². The highest BCUT2D eigenvalue weighted by molar-refractivity contribution is 5.96. The molecule has 0 aromatic heterocycles. The van der Waals surface area contributed by atoms with Crippen LogP contribution in [0, 0.1) is 0 Å². The van der Waals surface area contributed by atoms with Gasteiger partial charge >= 0.3 is 0 Å². The van der Waals surface area contributed by atoms with Crippen LogP contribution >= 0.6 is 0 Å². The smallest absolute Gasteiger partial charge is 0.265 e. The molecule has 1 N–H and O–H groups in total. The second-order valence-electron chi connectivity index (χ2n) is 7.23. The zero-order valence-corrected chi connectivity index (χ0v) is 15.5. The summed E-state index contributed by atoms with van der Waals surface area (Å²) in [5, 5.41) is 2.94. The van der Waals surface area contributed by atoms with Gasteiger partial charge < -0.3 is 15.0 Å². The molecule has 0 radical (unpaired) electrons. The van der Waals surface area contributed by atoms with E-state index in [0.29, 0.717) is 12.2 Å². The molecule has 1 aliphatic heterocycles. The maximum absolute atomic E-state index is 12.5. The summed E-state index contributed by atoms with van der Waals surface area (Å²) in [6, 6.07) is 13.5. The highest BCUT2D eigenvalue weighted by atomic mass is 16.5. The molecule has 0 unspecified atom stereocenters. The first-order valence-corrected chi connectivity index (χ1v) is 9.60. The molecule has 27 heavy (non-hydrogen) atoms. The van der Waals surface area contributed by atoms with Crippen molar-refractivity contribution in [2.45, 2.75) is 45.1 Å². The summed E-state index contributed by atoms with van der Waals surface area (Å²) in [5.41, 5.74) is 4.34. The van der Waals surface area contributed by atoms with E-state index >= 15 is 0 Å². The van der Waals surface area contributed by atoms with Crippen LogP contribution in [-0.4, -0.2) is 24.5 Å². The number of aryl methyl sites for hydroxylation is 2. The molecule has 140 valence electrons. The molecule has 4 rings (SSSR count). The summed E-state index contributed by atoms with van der Waals surface area (Å²) in [5.74, 6) is 0.536. The largest absolute Gasteiger partial charge is 0.481 e. The normalized spacial score (nSPS) is 16.9. The molecule has 1 heterocycles. The third kappa shape index (κ3) is 3.82. The molecule has 2 aliphatic rings. The Labute approximate surface area is 159 Å². The Hall–Kier alpha value is -2.82. The summed E-state index contributed by atoms with van der Waals surface area (Å²) < 4.78 is 5.83. The molecule has 5 nitrogen and oxygen atoms in total. The van der Waals surface area contributed by atoms with Crippen LogP contribution in [0.4, 0.5) is 11.4 Å². The molecule has 1 atom stereocenters. The van der Waals surface area contributed by atoms with Crippen LogP contribution in [0.1, 0.15) is 37.3 Å². The quantitative estimate of drug-likeness (QED) is 0.880. The van der Waals surface area contributed by atoms with E-state index in [1.807, 2.05) is 30.3 Å². The number of rotatable bonds is 5. The number of carbonyl (C=O) groups is 2. The van der Waals surface area contributed by atoms with Crippen LogP contribution in [-0.2, 0) is 22.4 Å². The Balaban J connectivity index is 1.40. The van der Waals surface area contributed by atoms with Crippen molar-refractivity contribution in [3.05, 3.63) is 53.6 Å². The number of ether oxygens (including phenoxy) is 1. The van der Waals surface area contributed by atoms with Gasteiger partial charge in [0.25, 0.3) is 5.91 Å². The molecule has 1 aliphatic carbocycles. The van der Waals surface area contributed by atoms with Gasteiger partial charge in [-0.3, -0.25) is 9.59 Å². The molecular weight excluding hydrogens is 340 g/mol. The lowest BCUT2D eigenvalue weighted by atomic mass is 10.1. The summed E-state index contributed by atoms with van der Waals surface area (Å²) in [7, 11) is 0. The standard InChI is InChI=1S/C22H24N2O3/c1-15(22(26)23-18-11-10-16-5-2-6-17(16)13-18)27-20-8-3-7-19(14-20)24-12-4-9-21(24)25/h3,7-8,10-11,13-15H,2,4-6,9,12H2,1H3,(H,23,26)/t15-/m1/s1. The monoisotopic (exact) mass is 364 g/mol. The third-order valence-corrected chi connectivity index (χ3v) is 5.25. The van der Waals surface area contributed by atoms with Gasteiger partial charge in [0.2, 0.25) is 5.91 Å². The topological polar surface area (TPSA) is 58.6 Å². The SMILES string of the molecule is C[C@@H](Oc1cccc(N2CCCC2=O)c1)C(=O)Nc1ccc2c(c1)CCC2. The fourth-order valence-electron chi connectivity index (χ4n) is 3.80. The molecule has 0 spiro atoms. The Morgan fingerprint density at radius 3 is 2.74 bits per heavy atom. The lowest BCUT2D eigenvalue weighted by Crippen LogP contribution is -2.30. The minimum atomic E-state index is -0.636. The lowest BCUT2D eigenvalue weighted by Gasteiger charge is -2.19. The molecule has 0 bridgehead atoms. The number of nitrogens with one attached hydrogen (secondary N) is 1. The summed E-state index contributed by atoms with van der Waals surface area (Å²) in [6.45, 7) is 2.47. The van der Waals surface area contributed by atoms with E-state index in [-0.39, 0.29) is 11.8 Å². The number of anilines is 2. The van der Waals surface area contributed by atoms with Gasteiger partial charge in [-0.15, -0.1) is 0 Å². The van der Waals surface area contributed by atoms with Crippen molar-refractivity contribution in [2.24, 2.45) is 0 Å². The molecule has 1 saturated heterocycles. The molecule has 0 saturated carbocycles. The minimum Gasteiger partial charge on any atom is -0.481 e. The van der Waals surface area contributed by atoms with Gasteiger partial charge in [-0.2, -0.15) is 0 Å². The third-order valence-electron chi connectivity index (χ3n) is 5.25. The molecule has 5 heteroatoms. The van der Waals surface area contributed by atoms with E-state index in [1.165, 1.54) is 17.5 Å². The van der Waals surface area contributed by atoms with E-state index in [2.05, 4.69) is 17.4 Å². The van der Waals surface area contributed by atoms with Gasteiger partial charge in [-0.1, -0.05) is 12.1 Å². The van der Waals surface area contributed by atoms with Crippen LogP contribution in [0.5, 0.6) is 5.75 Å². The Bertz CT molecular complexity index is 878. The maximum atomic E-state index is 12.5. The van der Waals surface area contributed by atoms with Crippen LogP contribution in [0.25, 0.3) is 0 Å². The van der Waals surface area contributed by atoms with E-state index in [0.717, 1.165) is 37.2 Å². The van der Waals surface area contributed by atoms with E-state index in [9.17, 15) is 9.59 Å². The van der Waals surface area contributed by atoms with Crippen LogP contribution < -0.4 is 15.0 Å². The first-order chi connectivity index (χ1) is 13.1. The number of hydrogen-bond acceptors (Lipinski definition) is 3. The van der Waals surface area contributed by atoms with Gasteiger partial charge in [0.05, 0.1) is 0 Å². The average Bonchev–Trinajstić information content (AvgIpc) is 3.30. The number of amides is 2. The van der Waals surface area contributed by atoms with E-state index in [1.54, 1.807) is 11.8 Å². The zero-order valence-electron chi connectivity index (χ0n) is 15.5. The second-order valence-corrected chi connectivity index (χ2v) is 7.23. The van der Waals surface area contributed by atoms with Crippen molar-refractivity contribution in [1.82, 2.24) is 0 Å². The van der Waals surface area contributed by atoms with Crippen molar-refractivity contribution < 1.29 is 14.3 Å². The average molecular weight is 364 g/mol. The number of benzene rings is 2. The Kier molecular flexibility index (Phi) is 4.84. The second kappa shape index (κ2) is 7.43. The van der Waals surface area contributed by atoms with Crippen molar-refractivity contribution >= 4 is 23.2 Å². The summed E-state index contributed by atoms with van der Waals surface area (Å²) in [4.78, 5) is 26.2. The minimum absolute atomic E-state index is 0.134. The summed E-state index contributed by atoms with van der Waals surface area (Å²) >= 11 is 0. The van der Waals surface area contributed by atoms with E-state index in [4.69, 9.17) is 4.74 Å². The number of fused-ring (bicyclic) bond motifs is 1. The van der Waals surface area contributed by atoms with Crippen molar-refractivity contribution in [3.63, 3.8) is 0 Å². The van der Waals surface area contributed by atoms with Crippen molar-refractivity contribution in [3.8, 4) is 5.75 Å². The predicted molar refractivity (Wildman–Crippen MR) is 105 cm³/mol. The first kappa shape index (κ1) is 17.6. The highest BCUT2D eigenvalue weighted by Gasteiger charge is 2.22. The van der Waals surface area contributed by atoms with Crippen molar-refractivity contribution in [1.29, 1.82) is 0 Å². The van der Waals surface area contributed by atoms with Gasteiger partial charge in [-0.05, 0) is 68.0 Å². The zero-order chi connectivity index (χ0) is 18.8. The van der Waals surface area contributed by atoms with Gasteiger partial charge in [-0.25, -0.2) is 0 Å². The summed E-state index contributed by atoms with van der Waals surface area (Å²) in [6.07, 6.45) is 4.21. The van der Waals surface area contributed by atoms with Crippen molar-refractivity contribution in [2.75, 3.05) is 16.8 Å². The molecule has 1 fully saturated rings. The van der Waals surface area contributed by atoms with Crippen LogP contribution in [0.15, 0.2) is 42.5 Å². The van der Waals surface area contributed by atoms with Crippen LogP contribution in [0.3, 0.4) is 0 Å². The molecule has 2 amide bonds. The number of nitrogens with zero attached hydrogens (tertiary/aromatic N) is 1. The fourth-order valence-corrected chi connectivity index (χ4v) is 3.80. The predicted octanol–water partition coefficient (Wildman–Crippen LogP) is 3.71. The highest BCUT2D eigenvalue weighted by Crippen LogP contribution is 2.27. The molecule has 2 aromatic rings. The van der Waals surface area contributed by atoms with Gasteiger partial charge in [0.1, 0.15) is 5.75 Å². The number of carbonyl (C=O) groups excluding carboxylic acids is 2. The van der Waals surface area contributed by atoms with E-state index < -0.39 is 6.10 Å². The number of hydrogen-bond donors (Lipinski definition) is 1. The molecule has 2 aromatic carbocycles. The lowest BCUT2D eigenvalue weighted by molar-refractivity contribution is -0.122. The Morgan fingerprint density at radius 2 is 1.93 bits per heavy atom. The van der Waals surface area contributed by atoms with Crippen LogP contribution in [0.2, 0.25) is 0 Å². The Morgan fingerprint density at radius 1 is 1.07 bits per heavy atom. The molecular formula is C22H24N2O3.